The molecule has 0 amide bonds. The molecule has 0 aromatic carbocycles. The second kappa shape index (κ2) is 4.81. The zero-order valence-corrected chi connectivity index (χ0v) is 10.8. The van der Waals surface area contributed by atoms with Crippen molar-refractivity contribution in [1.82, 2.24) is 9.97 Å². The highest BCUT2D eigenvalue weighted by Crippen LogP contribution is 2.23. The lowest BCUT2D eigenvalue weighted by Crippen LogP contribution is -2.39. The lowest BCUT2D eigenvalue weighted by atomic mass is 10.1. The molecule has 17 heavy (non-hydrogen) atoms. The van der Waals surface area contributed by atoms with E-state index < -0.39 is 0 Å². The summed E-state index contributed by atoms with van der Waals surface area (Å²) in [6.45, 7) is 4.56. The van der Waals surface area contributed by atoms with E-state index in [-0.39, 0.29) is 5.54 Å². The van der Waals surface area contributed by atoms with Gasteiger partial charge in [0.2, 0.25) is 5.95 Å². The van der Waals surface area contributed by atoms with E-state index in [4.69, 9.17) is 5.73 Å². The Kier molecular flexibility index (Phi) is 3.40. The van der Waals surface area contributed by atoms with Gasteiger partial charge in [-0.05, 0) is 25.3 Å². The van der Waals surface area contributed by atoms with Gasteiger partial charge >= 0.3 is 0 Å². The van der Waals surface area contributed by atoms with Gasteiger partial charge in [-0.2, -0.15) is 0 Å². The number of nitrogens with two attached hydrogens (primary N) is 1. The Labute approximate surface area is 105 Å². The SMILES string of the molecule is CC(C)(N)CNc1ncc(-c2cccs2)cn1. The van der Waals surface area contributed by atoms with Gasteiger partial charge in [-0.15, -0.1) is 11.3 Å². The number of nitrogens with one attached hydrogen (secondary N) is 1. The van der Waals surface area contributed by atoms with Gasteiger partial charge in [0.1, 0.15) is 0 Å². The van der Waals surface area contributed by atoms with Gasteiger partial charge in [-0.1, -0.05) is 6.07 Å². The van der Waals surface area contributed by atoms with Gasteiger partial charge in [-0.25, -0.2) is 9.97 Å². The van der Waals surface area contributed by atoms with Crippen molar-refractivity contribution >= 4 is 17.3 Å². The average Bonchev–Trinajstić information content (AvgIpc) is 2.79. The normalized spacial score (nSPS) is 11.5. The van der Waals surface area contributed by atoms with Crippen LogP contribution in [0.5, 0.6) is 0 Å². The molecule has 0 saturated heterocycles. The quantitative estimate of drug-likeness (QED) is 0.871. The van der Waals surface area contributed by atoms with Crippen LogP contribution in [0.2, 0.25) is 0 Å². The van der Waals surface area contributed by atoms with Crippen LogP contribution in [0.1, 0.15) is 13.8 Å². The fraction of sp³-hybridized carbons (Fsp3) is 0.333. The summed E-state index contributed by atoms with van der Waals surface area (Å²) in [6.07, 6.45) is 3.65. The van der Waals surface area contributed by atoms with Gasteiger partial charge in [0.05, 0.1) is 0 Å². The summed E-state index contributed by atoms with van der Waals surface area (Å²) in [5, 5.41) is 5.15. The standard InChI is InChI=1S/C12H16N4S/c1-12(2,13)8-16-11-14-6-9(7-15-11)10-4-3-5-17-10/h3-7H,8,13H2,1-2H3,(H,14,15,16). The molecule has 0 aliphatic heterocycles. The maximum absolute atomic E-state index is 5.87. The summed E-state index contributed by atoms with van der Waals surface area (Å²) in [4.78, 5) is 9.71. The molecule has 0 saturated carbocycles. The molecule has 2 aromatic rings. The summed E-state index contributed by atoms with van der Waals surface area (Å²) in [5.41, 5.74) is 6.65. The number of hydrogen-bond donors (Lipinski definition) is 2. The zero-order valence-electron chi connectivity index (χ0n) is 9.97. The third-order valence-corrected chi connectivity index (χ3v) is 3.08. The van der Waals surface area contributed by atoms with E-state index in [1.54, 1.807) is 11.3 Å². The van der Waals surface area contributed by atoms with Crippen molar-refractivity contribution in [2.45, 2.75) is 19.4 Å². The number of anilines is 1. The molecule has 0 fully saturated rings. The Morgan fingerprint density at radius 1 is 1.35 bits per heavy atom. The smallest absolute Gasteiger partial charge is 0.222 e. The first-order chi connectivity index (χ1) is 8.04. The van der Waals surface area contributed by atoms with Crippen molar-refractivity contribution in [1.29, 1.82) is 0 Å². The predicted molar refractivity (Wildman–Crippen MR) is 72.1 cm³/mol. The Balaban J connectivity index is 2.04. The molecule has 2 heterocycles. The Morgan fingerprint density at radius 2 is 2.06 bits per heavy atom. The number of nitrogens with zero attached hydrogens (tertiary/aromatic N) is 2. The van der Waals surface area contributed by atoms with Crippen molar-refractivity contribution < 1.29 is 0 Å². The molecule has 0 spiro atoms. The number of thiophene rings is 1. The first-order valence-electron chi connectivity index (χ1n) is 5.43. The van der Waals surface area contributed by atoms with Crippen molar-refractivity contribution in [2.24, 2.45) is 5.73 Å². The minimum absolute atomic E-state index is 0.268. The average molecular weight is 248 g/mol. The van der Waals surface area contributed by atoms with E-state index in [9.17, 15) is 0 Å². The van der Waals surface area contributed by atoms with Crippen molar-refractivity contribution in [2.75, 3.05) is 11.9 Å². The summed E-state index contributed by atoms with van der Waals surface area (Å²) >= 11 is 1.68. The second-order valence-electron chi connectivity index (χ2n) is 4.61. The van der Waals surface area contributed by atoms with Crippen LogP contribution in [0, 0.1) is 0 Å². The summed E-state index contributed by atoms with van der Waals surface area (Å²) in [7, 11) is 0. The van der Waals surface area contributed by atoms with Gasteiger partial charge in [0.15, 0.2) is 0 Å². The van der Waals surface area contributed by atoms with Crippen LogP contribution in [-0.2, 0) is 0 Å². The molecule has 0 radical (unpaired) electrons. The van der Waals surface area contributed by atoms with E-state index in [2.05, 4.69) is 21.4 Å². The van der Waals surface area contributed by atoms with Gasteiger partial charge in [-0.3, -0.25) is 0 Å². The van der Waals surface area contributed by atoms with E-state index in [1.165, 1.54) is 4.88 Å². The van der Waals surface area contributed by atoms with E-state index in [0.29, 0.717) is 12.5 Å². The molecule has 0 atom stereocenters. The van der Waals surface area contributed by atoms with Gasteiger partial charge < -0.3 is 11.1 Å². The fourth-order valence-corrected chi connectivity index (χ4v) is 2.00. The Hall–Kier alpha value is -1.46. The van der Waals surface area contributed by atoms with E-state index in [0.717, 1.165) is 5.56 Å². The van der Waals surface area contributed by atoms with Crippen LogP contribution in [0.3, 0.4) is 0 Å². The summed E-state index contributed by atoms with van der Waals surface area (Å²) in [6, 6.07) is 4.07. The highest BCUT2D eigenvalue weighted by Gasteiger charge is 2.10. The number of rotatable bonds is 4. The fourth-order valence-electron chi connectivity index (χ4n) is 1.30. The van der Waals surface area contributed by atoms with Crippen LogP contribution in [0.4, 0.5) is 5.95 Å². The van der Waals surface area contributed by atoms with Crippen LogP contribution >= 0.6 is 11.3 Å². The third kappa shape index (κ3) is 3.51. The van der Waals surface area contributed by atoms with Crippen LogP contribution in [0.25, 0.3) is 10.4 Å². The molecule has 4 nitrogen and oxygen atoms in total. The molecule has 2 rings (SSSR count). The largest absolute Gasteiger partial charge is 0.352 e. The zero-order chi connectivity index (χ0) is 12.3. The minimum Gasteiger partial charge on any atom is -0.352 e. The molecular weight excluding hydrogens is 232 g/mol. The molecule has 5 heteroatoms. The molecular formula is C12H16N4S. The molecule has 0 aliphatic rings. The Morgan fingerprint density at radius 3 is 2.59 bits per heavy atom. The minimum atomic E-state index is -0.268. The van der Waals surface area contributed by atoms with E-state index in [1.807, 2.05) is 37.7 Å². The molecule has 0 aliphatic carbocycles. The van der Waals surface area contributed by atoms with Crippen molar-refractivity contribution in [3.8, 4) is 10.4 Å². The Bertz CT molecular complexity index is 456. The number of aromatic nitrogens is 2. The topological polar surface area (TPSA) is 63.8 Å². The molecule has 0 bridgehead atoms. The first kappa shape index (κ1) is 12.0. The molecule has 0 unspecified atom stereocenters. The highest BCUT2D eigenvalue weighted by atomic mass is 32.1. The first-order valence-corrected chi connectivity index (χ1v) is 6.31. The number of hydrogen-bond acceptors (Lipinski definition) is 5. The van der Waals surface area contributed by atoms with Crippen LogP contribution < -0.4 is 11.1 Å². The maximum Gasteiger partial charge on any atom is 0.222 e. The molecule has 2 aromatic heterocycles. The summed E-state index contributed by atoms with van der Waals surface area (Å²) in [5.74, 6) is 0.615. The summed E-state index contributed by atoms with van der Waals surface area (Å²) < 4.78 is 0. The van der Waals surface area contributed by atoms with Gasteiger partial charge in [0.25, 0.3) is 0 Å². The van der Waals surface area contributed by atoms with Crippen LogP contribution in [-0.4, -0.2) is 22.1 Å². The highest BCUT2D eigenvalue weighted by molar-refractivity contribution is 7.13. The monoisotopic (exact) mass is 248 g/mol. The van der Waals surface area contributed by atoms with Crippen molar-refractivity contribution in [3.05, 3.63) is 29.9 Å². The lowest BCUT2D eigenvalue weighted by Gasteiger charge is -2.18. The molecule has 3 N–H and O–H groups in total. The van der Waals surface area contributed by atoms with Gasteiger partial charge in [0, 0.05) is 34.9 Å². The molecule has 90 valence electrons. The second-order valence-corrected chi connectivity index (χ2v) is 5.56. The third-order valence-electron chi connectivity index (χ3n) is 2.16. The predicted octanol–water partition coefficient (Wildman–Crippen LogP) is 2.35. The lowest BCUT2D eigenvalue weighted by molar-refractivity contribution is 0.547. The van der Waals surface area contributed by atoms with E-state index >= 15 is 0 Å². The maximum atomic E-state index is 5.87. The van der Waals surface area contributed by atoms with Crippen molar-refractivity contribution in [3.63, 3.8) is 0 Å². The van der Waals surface area contributed by atoms with Crippen LogP contribution in [0.15, 0.2) is 29.9 Å².